The number of nitrogens with one attached hydrogen (secondary N) is 1. The lowest BCUT2D eigenvalue weighted by molar-refractivity contribution is -0.0460. The van der Waals surface area contributed by atoms with Gasteiger partial charge >= 0.3 is 5.69 Å². The van der Waals surface area contributed by atoms with Gasteiger partial charge in [0, 0.05) is 18.2 Å². The number of hydrogen-bond acceptors (Lipinski definition) is 5. The molecular weight excluding hydrogens is 288 g/mol. The molecule has 22 heavy (non-hydrogen) atoms. The van der Waals surface area contributed by atoms with E-state index in [1.54, 1.807) is 12.2 Å². The van der Waals surface area contributed by atoms with Crippen molar-refractivity contribution in [3.63, 3.8) is 0 Å². The largest absolute Gasteiger partial charge is 0.394 e. The molecule has 120 valence electrons. The number of aryl methyl sites for hydroxylation is 1. The molecule has 1 aromatic heterocycles. The highest BCUT2D eigenvalue weighted by molar-refractivity contribution is 5.08. The molecule has 7 nitrogen and oxygen atoms in total. The molecule has 0 amide bonds. The van der Waals surface area contributed by atoms with Crippen LogP contribution in [0, 0.1) is 0 Å². The van der Waals surface area contributed by atoms with E-state index in [2.05, 4.69) is 11.6 Å². The van der Waals surface area contributed by atoms with Crippen molar-refractivity contribution in [1.29, 1.82) is 0 Å². The standard InChI is InChI=1S/C15H20N2O5/c1-2-3-4-5-6-10-8-17(15(21)16-14(10)20)13-7-11(19)12(9-18)22-13/h2-4,8,11-13,18-19H,1,5-7,9H2,(H,16,20,21)/t11?,12-,13-/m0/s1. The van der Waals surface area contributed by atoms with Crippen molar-refractivity contribution in [2.24, 2.45) is 0 Å². The first-order valence-electron chi connectivity index (χ1n) is 7.13. The van der Waals surface area contributed by atoms with Gasteiger partial charge in [0.15, 0.2) is 0 Å². The number of aromatic amines is 1. The van der Waals surface area contributed by atoms with Crippen molar-refractivity contribution in [1.82, 2.24) is 9.55 Å². The molecule has 2 rings (SSSR count). The van der Waals surface area contributed by atoms with E-state index in [4.69, 9.17) is 9.84 Å². The second-order valence-electron chi connectivity index (χ2n) is 5.14. The van der Waals surface area contributed by atoms with Gasteiger partial charge in [-0.05, 0) is 12.8 Å². The van der Waals surface area contributed by atoms with E-state index in [1.807, 2.05) is 6.08 Å². The number of hydrogen-bond donors (Lipinski definition) is 3. The Kier molecular flexibility index (Phi) is 5.48. The van der Waals surface area contributed by atoms with E-state index in [0.29, 0.717) is 18.4 Å². The SMILES string of the molecule is C=CC=CCCc1cn([C@@H]2CC(O)[C@H](CO)O2)c(=O)[nH]c1=O. The molecule has 0 aliphatic carbocycles. The molecule has 0 bridgehead atoms. The second-order valence-corrected chi connectivity index (χ2v) is 5.14. The molecule has 3 N–H and O–H groups in total. The van der Waals surface area contributed by atoms with Crippen molar-refractivity contribution >= 4 is 0 Å². The Bertz CT molecular complexity index is 661. The average Bonchev–Trinajstić information content (AvgIpc) is 2.86. The summed E-state index contributed by atoms with van der Waals surface area (Å²) in [4.78, 5) is 26.0. The summed E-state index contributed by atoms with van der Waals surface area (Å²) in [7, 11) is 0. The summed E-state index contributed by atoms with van der Waals surface area (Å²) in [5, 5.41) is 18.8. The maximum atomic E-state index is 11.9. The van der Waals surface area contributed by atoms with Gasteiger partial charge in [-0.3, -0.25) is 14.3 Å². The van der Waals surface area contributed by atoms with Crippen LogP contribution in [0.5, 0.6) is 0 Å². The monoisotopic (exact) mass is 308 g/mol. The van der Waals surface area contributed by atoms with Crippen LogP contribution in [0.15, 0.2) is 40.6 Å². The van der Waals surface area contributed by atoms with Gasteiger partial charge in [-0.1, -0.05) is 24.8 Å². The molecule has 1 unspecified atom stereocenters. The lowest BCUT2D eigenvalue weighted by atomic mass is 10.1. The van der Waals surface area contributed by atoms with Gasteiger partial charge in [-0.15, -0.1) is 0 Å². The highest BCUT2D eigenvalue weighted by atomic mass is 16.5. The number of ether oxygens (including phenoxy) is 1. The molecule has 1 aliphatic heterocycles. The van der Waals surface area contributed by atoms with Gasteiger partial charge in [0.1, 0.15) is 12.3 Å². The molecule has 1 saturated heterocycles. The van der Waals surface area contributed by atoms with E-state index >= 15 is 0 Å². The molecule has 1 fully saturated rings. The van der Waals surface area contributed by atoms with Crippen LogP contribution in [0.25, 0.3) is 0 Å². The molecular formula is C15H20N2O5. The number of aromatic nitrogens is 2. The van der Waals surface area contributed by atoms with Crippen LogP contribution in [-0.2, 0) is 11.2 Å². The van der Waals surface area contributed by atoms with Crippen LogP contribution < -0.4 is 11.2 Å². The summed E-state index contributed by atoms with van der Waals surface area (Å²) >= 11 is 0. The predicted molar refractivity (Wildman–Crippen MR) is 80.6 cm³/mol. The quantitative estimate of drug-likeness (QED) is 0.634. The lowest BCUT2D eigenvalue weighted by Gasteiger charge is -2.15. The molecule has 2 heterocycles. The van der Waals surface area contributed by atoms with E-state index in [-0.39, 0.29) is 13.0 Å². The zero-order valence-electron chi connectivity index (χ0n) is 12.1. The summed E-state index contributed by atoms with van der Waals surface area (Å²) in [6.45, 7) is 3.24. The summed E-state index contributed by atoms with van der Waals surface area (Å²) < 4.78 is 6.70. The molecule has 0 saturated carbocycles. The number of nitrogens with zero attached hydrogens (tertiary/aromatic N) is 1. The number of H-pyrrole nitrogens is 1. The average molecular weight is 308 g/mol. The summed E-state index contributed by atoms with van der Waals surface area (Å²) in [6.07, 6.45) is 5.81. The minimum atomic E-state index is -0.840. The van der Waals surface area contributed by atoms with Crippen molar-refractivity contribution in [3.8, 4) is 0 Å². The van der Waals surface area contributed by atoms with Crippen LogP contribution in [-0.4, -0.2) is 38.6 Å². The summed E-state index contributed by atoms with van der Waals surface area (Å²) in [5.74, 6) is 0. The lowest BCUT2D eigenvalue weighted by Crippen LogP contribution is -2.34. The number of rotatable bonds is 6. The Balaban J connectivity index is 2.21. The summed E-state index contributed by atoms with van der Waals surface area (Å²) in [6, 6.07) is 0. The Morgan fingerprint density at radius 3 is 2.91 bits per heavy atom. The van der Waals surface area contributed by atoms with Crippen molar-refractivity contribution < 1.29 is 14.9 Å². The third kappa shape index (κ3) is 3.62. The zero-order chi connectivity index (χ0) is 16.1. The Morgan fingerprint density at radius 2 is 2.27 bits per heavy atom. The first-order chi connectivity index (χ1) is 10.6. The fraction of sp³-hybridized carbons (Fsp3) is 0.467. The normalized spacial score (nSPS) is 24.9. The minimum absolute atomic E-state index is 0.187. The highest BCUT2D eigenvalue weighted by Gasteiger charge is 2.35. The molecule has 1 aromatic rings. The zero-order valence-corrected chi connectivity index (χ0v) is 12.1. The first kappa shape index (κ1) is 16.4. The minimum Gasteiger partial charge on any atom is -0.394 e. The Hall–Kier alpha value is -1.96. The molecule has 0 aromatic carbocycles. The summed E-state index contributed by atoms with van der Waals surface area (Å²) in [5.41, 5.74) is -0.560. The van der Waals surface area contributed by atoms with Gasteiger partial charge in [-0.2, -0.15) is 0 Å². The molecule has 0 spiro atoms. The topological polar surface area (TPSA) is 105 Å². The Morgan fingerprint density at radius 1 is 1.50 bits per heavy atom. The maximum absolute atomic E-state index is 11.9. The fourth-order valence-electron chi connectivity index (χ4n) is 2.40. The second kappa shape index (κ2) is 7.35. The molecule has 3 atom stereocenters. The van der Waals surface area contributed by atoms with Crippen LogP contribution in [0.4, 0.5) is 0 Å². The van der Waals surface area contributed by atoms with Crippen LogP contribution >= 0.6 is 0 Å². The molecule has 1 aliphatic rings. The molecule has 0 radical (unpaired) electrons. The van der Waals surface area contributed by atoms with E-state index in [0.717, 1.165) is 0 Å². The van der Waals surface area contributed by atoms with Gasteiger partial charge in [0.05, 0.1) is 12.7 Å². The highest BCUT2D eigenvalue weighted by Crippen LogP contribution is 2.27. The Labute approximate surface area is 127 Å². The van der Waals surface area contributed by atoms with Crippen LogP contribution in [0.1, 0.15) is 24.6 Å². The predicted octanol–water partition coefficient (Wildman–Crippen LogP) is -0.148. The third-order valence-electron chi connectivity index (χ3n) is 3.59. The van der Waals surface area contributed by atoms with Gasteiger partial charge in [0.2, 0.25) is 0 Å². The van der Waals surface area contributed by atoms with E-state index in [1.165, 1.54) is 10.8 Å². The van der Waals surface area contributed by atoms with Crippen LogP contribution in [0.2, 0.25) is 0 Å². The fourth-order valence-corrected chi connectivity index (χ4v) is 2.40. The van der Waals surface area contributed by atoms with Crippen molar-refractivity contribution in [2.75, 3.05) is 6.61 Å². The van der Waals surface area contributed by atoms with Crippen LogP contribution in [0.3, 0.4) is 0 Å². The number of allylic oxidation sites excluding steroid dienone is 3. The maximum Gasteiger partial charge on any atom is 0.330 e. The number of aliphatic hydroxyl groups is 2. The number of aliphatic hydroxyl groups excluding tert-OH is 2. The van der Waals surface area contributed by atoms with Crippen molar-refractivity contribution in [2.45, 2.75) is 37.7 Å². The van der Waals surface area contributed by atoms with E-state index < -0.39 is 29.7 Å². The molecule has 7 heteroatoms. The third-order valence-corrected chi connectivity index (χ3v) is 3.59. The van der Waals surface area contributed by atoms with Crippen molar-refractivity contribution in [3.05, 3.63) is 57.4 Å². The van der Waals surface area contributed by atoms with E-state index in [9.17, 15) is 14.7 Å². The van der Waals surface area contributed by atoms with Gasteiger partial charge < -0.3 is 14.9 Å². The first-order valence-corrected chi connectivity index (χ1v) is 7.13. The van der Waals surface area contributed by atoms with Gasteiger partial charge in [0.25, 0.3) is 5.56 Å². The van der Waals surface area contributed by atoms with Gasteiger partial charge in [-0.25, -0.2) is 4.79 Å². The smallest absolute Gasteiger partial charge is 0.330 e.